The van der Waals surface area contributed by atoms with Crippen molar-refractivity contribution >= 4 is 21.8 Å². The number of carbonyl (C=O) groups is 1. The number of nitrogens with one attached hydrogen (secondary N) is 1. The van der Waals surface area contributed by atoms with Gasteiger partial charge in [-0.15, -0.1) is 0 Å². The average molecular weight is 343 g/mol. The summed E-state index contributed by atoms with van der Waals surface area (Å²) in [6.07, 6.45) is 0.797. The van der Waals surface area contributed by atoms with Gasteiger partial charge in [0.05, 0.1) is 17.7 Å². The van der Waals surface area contributed by atoms with Crippen LogP contribution in [-0.4, -0.2) is 5.91 Å². The van der Waals surface area contributed by atoms with Crippen LogP contribution in [0.4, 0.5) is 0 Å². The van der Waals surface area contributed by atoms with E-state index in [9.17, 15) is 4.79 Å². The molecule has 0 aliphatic rings. The van der Waals surface area contributed by atoms with Gasteiger partial charge >= 0.3 is 0 Å². The van der Waals surface area contributed by atoms with Crippen molar-refractivity contribution in [2.45, 2.75) is 19.4 Å². The number of rotatable bonds is 4. The first kappa shape index (κ1) is 15.3. The van der Waals surface area contributed by atoms with Gasteiger partial charge in [-0.1, -0.05) is 41.1 Å². The first-order valence-electron chi connectivity index (χ1n) is 6.70. The van der Waals surface area contributed by atoms with Gasteiger partial charge in [-0.25, -0.2) is 0 Å². The Kier molecular flexibility index (Phi) is 5.13. The van der Waals surface area contributed by atoms with Crippen molar-refractivity contribution in [2.24, 2.45) is 0 Å². The van der Waals surface area contributed by atoms with Crippen LogP contribution in [0.3, 0.4) is 0 Å². The lowest BCUT2D eigenvalue weighted by atomic mass is 10.0. The molecule has 1 amide bonds. The monoisotopic (exact) mass is 342 g/mol. The van der Waals surface area contributed by atoms with Crippen molar-refractivity contribution < 1.29 is 4.79 Å². The van der Waals surface area contributed by atoms with Crippen LogP contribution in [-0.2, 0) is 0 Å². The molecule has 0 heterocycles. The maximum Gasteiger partial charge on any atom is 0.251 e. The van der Waals surface area contributed by atoms with Crippen LogP contribution in [0.25, 0.3) is 0 Å². The Morgan fingerprint density at radius 2 is 2.00 bits per heavy atom. The normalized spacial score (nSPS) is 11.5. The molecule has 0 spiro atoms. The largest absolute Gasteiger partial charge is 0.345 e. The van der Waals surface area contributed by atoms with E-state index in [1.165, 1.54) is 0 Å². The summed E-state index contributed by atoms with van der Waals surface area (Å²) in [4.78, 5) is 12.3. The molecule has 1 unspecified atom stereocenters. The minimum atomic E-state index is -0.165. The van der Waals surface area contributed by atoms with Crippen LogP contribution in [0, 0.1) is 11.3 Å². The molecule has 0 aliphatic carbocycles. The standard InChI is InChI=1S/C17H15BrN2O/c1-2-16(13-6-8-15(18)9-7-13)20-17(21)14-5-3-4-12(10-14)11-19/h3-10,16H,2H2,1H3,(H,20,21). The zero-order chi connectivity index (χ0) is 15.2. The lowest BCUT2D eigenvalue weighted by molar-refractivity contribution is 0.0935. The molecule has 1 atom stereocenters. The Morgan fingerprint density at radius 3 is 2.62 bits per heavy atom. The quantitative estimate of drug-likeness (QED) is 0.904. The minimum Gasteiger partial charge on any atom is -0.345 e. The zero-order valence-electron chi connectivity index (χ0n) is 11.6. The van der Waals surface area contributed by atoms with E-state index in [1.807, 2.05) is 37.3 Å². The van der Waals surface area contributed by atoms with E-state index in [1.54, 1.807) is 24.3 Å². The number of nitriles is 1. The van der Waals surface area contributed by atoms with Crippen LogP contribution in [0.2, 0.25) is 0 Å². The molecule has 2 aromatic rings. The molecule has 4 heteroatoms. The average Bonchev–Trinajstić information content (AvgIpc) is 2.53. The van der Waals surface area contributed by atoms with Gasteiger partial charge in [-0.3, -0.25) is 4.79 Å². The van der Waals surface area contributed by atoms with E-state index >= 15 is 0 Å². The molecule has 0 saturated heterocycles. The fourth-order valence-electron chi connectivity index (χ4n) is 2.09. The highest BCUT2D eigenvalue weighted by molar-refractivity contribution is 9.10. The Morgan fingerprint density at radius 1 is 1.29 bits per heavy atom. The number of halogens is 1. The van der Waals surface area contributed by atoms with Gasteiger partial charge in [0, 0.05) is 10.0 Å². The number of hydrogen-bond acceptors (Lipinski definition) is 2. The maximum absolute atomic E-state index is 12.3. The van der Waals surface area contributed by atoms with Crippen molar-refractivity contribution in [2.75, 3.05) is 0 Å². The topological polar surface area (TPSA) is 52.9 Å². The predicted molar refractivity (Wildman–Crippen MR) is 85.8 cm³/mol. The number of carbonyl (C=O) groups excluding carboxylic acids is 1. The highest BCUT2D eigenvalue weighted by atomic mass is 79.9. The van der Waals surface area contributed by atoms with E-state index in [-0.39, 0.29) is 11.9 Å². The zero-order valence-corrected chi connectivity index (χ0v) is 13.2. The molecule has 0 radical (unpaired) electrons. The molecule has 0 aromatic heterocycles. The van der Waals surface area contributed by atoms with Crippen molar-refractivity contribution in [3.05, 3.63) is 69.7 Å². The Balaban J connectivity index is 2.16. The third kappa shape index (κ3) is 3.93. The second kappa shape index (κ2) is 7.05. The minimum absolute atomic E-state index is 0.0451. The molecular formula is C17H15BrN2O. The van der Waals surface area contributed by atoms with E-state index < -0.39 is 0 Å². The highest BCUT2D eigenvalue weighted by Gasteiger charge is 2.14. The maximum atomic E-state index is 12.3. The first-order chi connectivity index (χ1) is 10.1. The Hall–Kier alpha value is -2.12. The molecule has 0 aliphatic heterocycles. The van der Waals surface area contributed by atoms with Crippen molar-refractivity contribution in [3.8, 4) is 6.07 Å². The molecule has 2 aromatic carbocycles. The van der Waals surface area contributed by atoms with E-state index in [4.69, 9.17) is 5.26 Å². The summed E-state index contributed by atoms with van der Waals surface area (Å²) >= 11 is 3.40. The van der Waals surface area contributed by atoms with Gasteiger partial charge in [-0.05, 0) is 42.3 Å². The molecule has 21 heavy (non-hydrogen) atoms. The van der Waals surface area contributed by atoms with E-state index in [0.717, 1.165) is 16.5 Å². The SMILES string of the molecule is CCC(NC(=O)c1cccc(C#N)c1)c1ccc(Br)cc1. The summed E-state index contributed by atoms with van der Waals surface area (Å²) in [6, 6.07) is 16.6. The molecule has 0 fully saturated rings. The summed E-state index contributed by atoms with van der Waals surface area (Å²) in [5, 5.41) is 11.9. The van der Waals surface area contributed by atoms with Crippen LogP contribution >= 0.6 is 15.9 Å². The molecule has 3 nitrogen and oxygen atoms in total. The second-order valence-corrected chi connectivity index (χ2v) is 5.59. The summed E-state index contributed by atoms with van der Waals surface area (Å²) in [7, 11) is 0. The van der Waals surface area contributed by atoms with E-state index in [0.29, 0.717) is 11.1 Å². The summed E-state index contributed by atoms with van der Waals surface area (Å²) in [5.74, 6) is -0.165. The number of benzene rings is 2. The molecule has 106 valence electrons. The smallest absolute Gasteiger partial charge is 0.251 e. The number of amides is 1. The van der Waals surface area contributed by atoms with Gasteiger partial charge in [0.25, 0.3) is 5.91 Å². The first-order valence-corrected chi connectivity index (χ1v) is 7.50. The van der Waals surface area contributed by atoms with Gasteiger partial charge in [-0.2, -0.15) is 5.26 Å². The van der Waals surface area contributed by atoms with Gasteiger partial charge in [0.2, 0.25) is 0 Å². The van der Waals surface area contributed by atoms with Crippen LogP contribution < -0.4 is 5.32 Å². The van der Waals surface area contributed by atoms with Crippen molar-refractivity contribution in [1.82, 2.24) is 5.32 Å². The lowest BCUT2D eigenvalue weighted by Gasteiger charge is -2.17. The van der Waals surface area contributed by atoms with Crippen molar-refractivity contribution in [3.63, 3.8) is 0 Å². The van der Waals surface area contributed by atoms with E-state index in [2.05, 4.69) is 21.2 Å². The van der Waals surface area contributed by atoms with Gasteiger partial charge in [0.15, 0.2) is 0 Å². The number of nitrogens with zero attached hydrogens (tertiary/aromatic N) is 1. The summed E-state index contributed by atoms with van der Waals surface area (Å²) in [6.45, 7) is 2.03. The lowest BCUT2D eigenvalue weighted by Crippen LogP contribution is -2.28. The van der Waals surface area contributed by atoms with Crippen LogP contribution in [0.5, 0.6) is 0 Å². The van der Waals surface area contributed by atoms with Crippen LogP contribution in [0.15, 0.2) is 53.0 Å². The summed E-state index contributed by atoms with van der Waals surface area (Å²) < 4.78 is 1.01. The van der Waals surface area contributed by atoms with Gasteiger partial charge < -0.3 is 5.32 Å². The highest BCUT2D eigenvalue weighted by Crippen LogP contribution is 2.20. The molecule has 2 rings (SSSR count). The predicted octanol–water partition coefficient (Wildman–Crippen LogP) is 4.20. The fourth-order valence-corrected chi connectivity index (χ4v) is 2.35. The number of hydrogen-bond donors (Lipinski definition) is 1. The molecule has 0 saturated carbocycles. The van der Waals surface area contributed by atoms with Crippen LogP contribution in [0.1, 0.15) is 40.9 Å². The third-order valence-corrected chi connectivity index (χ3v) is 3.77. The van der Waals surface area contributed by atoms with Gasteiger partial charge in [0.1, 0.15) is 0 Å². The van der Waals surface area contributed by atoms with Crippen molar-refractivity contribution in [1.29, 1.82) is 5.26 Å². The molecular weight excluding hydrogens is 328 g/mol. The fraction of sp³-hybridized carbons (Fsp3) is 0.176. The Labute approximate surface area is 132 Å². The third-order valence-electron chi connectivity index (χ3n) is 3.24. The second-order valence-electron chi connectivity index (χ2n) is 4.68. The summed E-state index contributed by atoms with van der Waals surface area (Å²) in [5.41, 5.74) is 2.05. The molecule has 1 N–H and O–H groups in total. The molecule has 0 bridgehead atoms. The Bertz CT molecular complexity index is 674.